The molecule has 1 unspecified atom stereocenters. The van der Waals surface area contributed by atoms with Crippen molar-refractivity contribution in [1.82, 2.24) is 15.3 Å². The van der Waals surface area contributed by atoms with Crippen LogP contribution in [-0.4, -0.2) is 27.5 Å². The number of rotatable bonds is 5. The Morgan fingerprint density at radius 2 is 2.22 bits per heavy atom. The number of carbonyl (C=O) groups is 1. The number of nitrogens with one attached hydrogen (secondary N) is 1. The maximum Gasteiger partial charge on any atom is 0.262 e. The van der Waals surface area contributed by atoms with E-state index in [0.717, 1.165) is 10.9 Å². The van der Waals surface area contributed by atoms with E-state index in [2.05, 4.69) is 27.1 Å². The topological polar surface area (TPSA) is 64.1 Å². The third-order valence-corrected chi connectivity index (χ3v) is 3.29. The van der Waals surface area contributed by atoms with Gasteiger partial charge in [-0.05, 0) is 45.4 Å². The van der Waals surface area contributed by atoms with Crippen LogP contribution in [-0.2, 0) is 4.79 Å². The summed E-state index contributed by atoms with van der Waals surface area (Å²) in [7, 11) is 0. The molecule has 5 nitrogen and oxygen atoms in total. The molecule has 2 aromatic rings. The van der Waals surface area contributed by atoms with E-state index in [0.29, 0.717) is 12.2 Å². The molecule has 1 aromatic heterocycles. The van der Waals surface area contributed by atoms with Crippen LogP contribution in [0.25, 0.3) is 10.9 Å². The first-order valence-corrected chi connectivity index (χ1v) is 7.57. The first-order chi connectivity index (χ1) is 10.9. The molecule has 5 heteroatoms. The predicted octanol–water partition coefficient (Wildman–Crippen LogP) is 2.71. The summed E-state index contributed by atoms with van der Waals surface area (Å²) in [6.45, 7) is 7.38. The van der Waals surface area contributed by atoms with Gasteiger partial charge in [-0.25, -0.2) is 9.97 Å². The summed E-state index contributed by atoms with van der Waals surface area (Å²) in [5, 5.41) is 3.78. The summed E-state index contributed by atoms with van der Waals surface area (Å²) in [4.78, 5) is 20.6. The van der Waals surface area contributed by atoms with E-state index in [1.54, 1.807) is 13.1 Å². The van der Waals surface area contributed by atoms with Crippen molar-refractivity contribution in [3.8, 4) is 17.6 Å². The first kappa shape index (κ1) is 16.8. The normalized spacial score (nSPS) is 12.2. The Morgan fingerprint density at radius 1 is 1.43 bits per heavy atom. The van der Waals surface area contributed by atoms with Crippen molar-refractivity contribution in [2.24, 2.45) is 0 Å². The summed E-state index contributed by atoms with van der Waals surface area (Å²) >= 11 is 0. The molecule has 0 aliphatic carbocycles. The van der Waals surface area contributed by atoms with Gasteiger partial charge in [-0.3, -0.25) is 4.79 Å². The Bertz CT molecular complexity index is 759. The van der Waals surface area contributed by atoms with Crippen molar-refractivity contribution in [3.05, 3.63) is 30.7 Å². The highest BCUT2D eigenvalue weighted by molar-refractivity contribution is 5.83. The third kappa shape index (κ3) is 4.43. The minimum absolute atomic E-state index is 0.176. The Kier molecular flexibility index (Phi) is 5.17. The zero-order valence-electron chi connectivity index (χ0n) is 13.9. The number of fused-ring (bicyclic) bond motifs is 1. The fraction of sp³-hybridized carbons (Fsp3) is 0.389. The SMILES string of the molecule is CC#CC(C)(C)NC(=O)C(CC)Oc1ccc2ncncc2c1. The lowest BCUT2D eigenvalue weighted by Gasteiger charge is -2.24. The molecule has 1 heterocycles. The van der Waals surface area contributed by atoms with Gasteiger partial charge in [0, 0.05) is 11.6 Å². The molecule has 0 aliphatic heterocycles. The average molecular weight is 311 g/mol. The summed E-state index contributed by atoms with van der Waals surface area (Å²) < 4.78 is 5.84. The van der Waals surface area contributed by atoms with Crippen molar-refractivity contribution >= 4 is 16.8 Å². The number of hydrogen-bond donors (Lipinski definition) is 1. The van der Waals surface area contributed by atoms with Crippen LogP contribution < -0.4 is 10.1 Å². The van der Waals surface area contributed by atoms with Gasteiger partial charge in [-0.2, -0.15) is 0 Å². The Balaban J connectivity index is 2.13. The fourth-order valence-electron chi connectivity index (χ4n) is 2.25. The number of aromatic nitrogens is 2. The molecule has 1 aromatic carbocycles. The van der Waals surface area contributed by atoms with Crippen molar-refractivity contribution in [2.75, 3.05) is 0 Å². The van der Waals surface area contributed by atoms with E-state index >= 15 is 0 Å². The molecule has 120 valence electrons. The van der Waals surface area contributed by atoms with E-state index in [4.69, 9.17) is 4.74 Å². The molecule has 1 atom stereocenters. The number of ether oxygens (including phenoxy) is 1. The van der Waals surface area contributed by atoms with Crippen molar-refractivity contribution in [3.63, 3.8) is 0 Å². The van der Waals surface area contributed by atoms with Gasteiger partial charge in [-0.15, -0.1) is 5.92 Å². The summed E-state index contributed by atoms with van der Waals surface area (Å²) in [5.74, 6) is 6.23. The molecule has 0 radical (unpaired) electrons. The largest absolute Gasteiger partial charge is 0.481 e. The standard InChI is InChI=1S/C18H21N3O2/c1-5-9-18(3,4)21-17(22)16(6-2)23-14-7-8-15-13(10-14)11-19-12-20-15/h7-8,10-12,16H,6H2,1-4H3,(H,21,22). The number of nitrogens with zero attached hydrogens (tertiary/aromatic N) is 2. The quantitative estimate of drug-likeness (QED) is 0.862. The monoisotopic (exact) mass is 311 g/mol. The molecule has 0 saturated carbocycles. The van der Waals surface area contributed by atoms with Gasteiger partial charge >= 0.3 is 0 Å². The highest BCUT2D eigenvalue weighted by Crippen LogP contribution is 2.20. The van der Waals surface area contributed by atoms with Crippen LogP contribution in [0.4, 0.5) is 0 Å². The van der Waals surface area contributed by atoms with Crippen LogP contribution >= 0.6 is 0 Å². The Morgan fingerprint density at radius 3 is 2.91 bits per heavy atom. The minimum atomic E-state index is -0.583. The lowest BCUT2D eigenvalue weighted by atomic mass is 10.1. The molecule has 0 bridgehead atoms. The van der Waals surface area contributed by atoms with Gasteiger partial charge in [0.1, 0.15) is 12.1 Å². The van der Waals surface area contributed by atoms with Crippen LogP contribution in [0.2, 0.25) is 0 Å². The van der Waals surface area contributed by atoms with E-state index < -0.39 is 11.6 Å². The van der Waals surface area contributed by atoms with Crippen molar-refractivity contribution < 1.29 is 9.53 Å². The van der Waals surface area contributed by atoms with E-state index in [1.807, 2.05) is 39.0 Å². The molecule has 0 spiro atoms. The van der Waals surface area contributed by atoms with Crippen LogP contribution in [0.5, 0.6) is 5.75 Å². The first-order valence-electron chi connectivity index (χ1n) is 7.57. The van der Waals surface area contributed by atoms with Crippen LogP contribution in [0.1, 0.15) is 34.1 Å². The van der Waals surface area contributed by atoms with Crippen LogP contribution in [0, 0.1) is 11.8 Å². The van der Waals surface area contributed by atoms with Gasteiger partial charge in [0.2, 0.25) is 0 Å². The second kappa shape index (κ2) is 7.10. The number of carbonyl (C=O) groups excluding carboxylic acids is 1. The molecular weight excluding hydrogens is 290 g/mol. The van der Waals surface area contributed by atoms with Crippen LogP contribution in [0.15, 0.2) is 30.7 Å². The molecule has 1 amide bonds. The highest BCUT2D eigenvalue weighted by Gasteiger charge is 2.24. The van der Waals surface area contributed by atoms with Gasteiger partial charge in [0.15, 0.2) is 6.10 Å². The predicted molar refractivity (Wildman–Crippen MR) is 89.9 cm³/mol. The maximum absolute atomic E-state index is 12.4. The summed E-state index contributed by atoms with van der Waals surface area (Å²) in [6, 6.07) is 5.49. The molecule has 1 N–H and O–H groups in total. The molecular formula is C18H21N3O2. The fourth-order valence-corrected chi connectivity index (χ4v) is 2.25. The second-order valence-electron chi connectivity index (χ2n) is 5.75. The van der Waals surface area contributed by atoms with Gasteiger partial charge in [0.25, 0.3) is 5.91 Å². The lowest BCUT2D eigenvalue weighted by Crippen LogP contribution is -2.48. The van der Waals surface area contributed by atoms with Crippen molar-refractivity contribution in [1.29, 1.82) is 0 Å². The highest BCUT2D eigenvalue weighted by atomic mass is 16.5. The average Bonchev–Trinajstić information content (AvgIpc) is 2.51. The molecule has 0 saturated heterocycles. The van der Waals surface area contributed by atoms with Crippen molar-refractivity contribution in [2.45, 2.75) is 45.8 Å². The minimum Gasteiger partial charge on any atom is -0.481 e. The zero-order valence-corrected chi connectivity index (χ0v) is 13.9. The summed E-state index contributed by atoms with van der Waals surface area (Å²) in [6.07, 6.45) is 3.21. The van der Waals surface area contributed by atoms with Gasteiger partial charge in [0.05, 0.1) is 11.1 Å². The smallest absolute Gasteiger partial charge is 0.262 e. The molecule has 0 aliphatic rings. The van der Waals surface area contributed by atoms with E-state index in [-0.39, 0.29) is 5.91 Å². The maximum atomic E-state index is 12.4. The number of hydrogen-bond acceptors (Lipinski definition) is 4. The van der Waals surface area contributed by atoms with Gasteiger partial charge < -0.3 is 10.1 Å². The Labute approximate surface area is 136 Å². The molecule has 0 fully saturated rings. The van der Waals surface area contributed by atoms with E-state index in [1.165, 1.54) is 6.33 Å². The number of amides is 1. The van der Waals surface area contributed by atoms with E-state index in [9.17, 15) is 4.79 Å². The molecule has 23 heavy (non-hydrogen) atoms. The Hall–Kier alpha value is -2.61. The number of benzene rings is 1. The summed E-state index contributed by atoms with van der Waals surface area (Å²) in [5.41, 5.74) is 0.254. The third-order valence-electron chi connectivity index (χ3n) is 3.29. The molecule has 2 rings (SSSR count). The second-order valence-corrected chi connectivity index (χ2v) is 5.75. The van der Waals surface area contributed by atoms with Crippen LogP contribution in [0.3, 0.4) is 0 Å². The zero-order chi connectivity index (χ0) is 16.9. The van der Waals surface area contributed by atoms with Gasteiger partial charge in [-0.1, -0.05) is 12.8 Å². The lowest BCUT2D eigenvalue weighted by molar-refractivity contribution is -0.129.